The zero-order valence-electron chi connectivity index (χ0n) is 12.4. The van der Waals surface area contributed by atoms with Crippen molar-refractivity contribution in [3.8, 4) is 10.4 Å². The van der Waals surface area contributed by atoms with Gasteiger partial charge >= 0.3 is 0 Å². The molecule has 0 fully saturated rings. The second-order valence-corrected chi connectivity index (χ2v) is 7.58. The second-order valence-electron chi connectivity index (χ2n) is 5.14. The van der Waals surface area contributed by atoms with Gasteiger partial charge in [-0.25, -0.2) is 4.98 Å². The molecule has 0 atom stereocenters. The highest BCUT2D eigenvalue weighted by Crippen LogP contribution is 2.27. The van der Waals surface area contributed by atoms with E-state index in [4.69, 9.17) is 11.6 Å². The van der Waals surface area contributed by atoms with Gasteiger partial charge in [0.2, 0.25) is 0 Å². The Morgan fingerprint density at radius 3 is 2.65 bits per heavy atom. The van der Waals surface area contributed by atoms with Gasteiger partial charge in [0.25, 0.3) is 0 Å². The van der Waals surface area contributed by atoms with E-state index in [2.05, 4.69) is 56.6 Å². The van der Waals surface area contributed by atoms with Crippen LogP contribution in [-0.4, -0.2) is 11.5 Å². The van der Waals surface area contributed by atoms with Crippen molar-refractivity contribution in [2.45, 2.75) is 13.0 Å². The molecule has 0 amide bonds. The molecule has 1 heterocycles. The van der Waals surface area contributed by atoms with Crippen LogP contribution >= 0.6 is 38.9 Å². The molecule has 0 bridgehead atoms. The molecule has 2 nitrogen and oxygen atoms in total. The van der Waals surface area contributed by atoms with Crippen molar-refractivity contribution in [2.24, 2.45) is 0 Å². The van der Waals surface area contributed by atoms with Gasteiger partial charge in [0.05, 0.1) is 4.88 Å². The van der Waals surface area contributed by atoms with Crippen LogP contribution in [0.5, 0.6) is 0 Å². The molecular weight excluding hydrogens is 392 g/mol. The van der Waals surface area contributed by atoms with Gasteiger partial charge in [-0.05, 0) is 42.3 Å². The molecule has 0 radical (unpaired) electrons. The Kier molecular flexibility index (Phi) is 5.84. The topological polar surface area (TPSA) is 24.9 Å². The van der Waals surface area contributed by atoms with E-state index in [1.165, 1.54) is 16.0 Å². The monoisotopic (exact) mass is 406 g/mol. The molecule has 1 aromatic heterocycles. The largest absolute Gasteiger partial charge is 0.310 e. The van der Waals surface area contributed by atoms with Crippen molar-refractivity contribution >= 4 is 38.9 Å². The lowest BCUT2D eigenvalue weighted by Crippen LogP contribution is -2.16. The van der Waals surface area contributed by atoms with Crippen LogP contribution in [0.3, 0.4) is 0 Å². The molecule has 0 unspecified atom stereocenters. The number of halogens is 2. The van der Waals surface area contributed by atoms with Crippen LogP contribution < -0.4 is 5.32 Å². The van der Waals surface area contributed by atoms with Crippen molar-refractivity contribution < 1.29 is 0 Å². The number of thiazole rings is 1. The lowest BCUT2D eigenvalue weighted by atomic mass is 10.1. The van der Waals surface area contributed by atoms with Gasteiger partial charge in [-0.1, -0.05) is 57.9 Å². The number of hydrogen-bond acceptors (Lipinski definition) is 3. The number of benzene rings is 2. The third-order valence-corrected chi connectivity index (χ3v) is 5.43. The summed E-state index contributed by atoms with van der Waals surface area (Å²) in [7, 11) is 0. The summed E-state index contributed by atoms with van der Waals surface area (Å²) in [5.74, 6) is 0. The van der Waals surface area contributed by atoms with Crippen molar-refractivity contribution in [3.63, 3.8) is 0 Å². The summed E-state index contributed by atoms with van der Waals surface area (Å²) in [4.78, 5) is 5.69. The molecular formula is C18H16BrClN2S. The average Bonchev–Trinajstić information content (AvgIpc) is 3.03. The normalized spacial score (nSPS) is 10.9. The molecule has 5 heteroatoms. The number of nitrogens with zero attached hydrogens (tertiary/aromatic N) is 1. The standard InChI is InChI=1S/C18H16BrClN2S/c19-15-7-5-14(6-8-15)17-11-22-18(23-17)12-21-10-9-13-3-1-2-4-16(13)20/h1-8,11,21H,9-10,12H2. The predicted molar refractivity (Wildman–Crippen MR) is 102 cm³/mol. The Morgan fingerprint density at radius 2 is 1.87 bits per heavy atom. The molecule has 0 aliphatic rings. The molecule has 3 rings (SSSR count). The number of nitrogens with one attached hydrogen (secondary N) is 1. The minimum atomic E-state index is 0.783. The maximum atomic E-state index is 6.16. The van der Waals surface area contributed by atoms with Gasteiger partial charge in [-0.3, -0.25) is 0 Å². The van der Waals surface area contributed by atoms with Gasteiger partial charge in [0.15, 0.2) is 0 Å². The molecule has 0 aliphatic heterocycles. The highest BCUT2D eigenvalue weighted by Gasteiger charge is 2.05. The quantitative estimate of drug-likeness (QED) is 0.541. The molecule has 0 saturated heterocycles. The van der Waals surface area contributed by atoms with Crippen LogP contribution in [0.4, 0.5) is 0 Å². The molecule has 0 saturated carbocycles. The third-order valence-electron chi connectivity index (χ3n) is 3.49. The summed E-state index contributed by atoms with van der Waals surface area (Å²) < 4.78 is 1.09. The van der Waals surface area contributed by atoms with E-state index in [0.29, 0.717) is 0 Å². The van der Waals surface area contributed by atoms with E-state index in [-0.39, 0.29) is 0 Å². The summed E-state index contributed by atoms with van der Waals surface area (Å²) in [5, 5.41) is 5.37. The predicted octanol–water partition coefficient (Wildman–Crippen LogP) is 5.56. The van der Waals surface area contributed by atoms with Crippen LogP contribution in [0.2, 0.25) is 5.02 Å². The molecule has 23 heavy (non-hydrogen) atoms. The summed E-state index contributed by atoms with van der Waals surface area (Å²) >= 11 is 11.3. The fourth-order valence-electron chi connectivity index (χ4n) is 2.26. The number of hydrogen-bond donors (Lipinski definition) is 1. The first-order chi connectivity index (χ1) is 11.2. The second kappa shape index (κ2) is 8.06. The fourth-order valence-corrected chi connectivity index (χ4v) is 3.65. The Morgan fingerprint density at radius 1 is 1.09 bits per heavy atom. The first kappa shape index (κ1) is 16.7. The molecule has 118 valence electrons. The van der Waals surface area contributed by atoms with E-state index in [1.807, 2.05) is 24.4 Å². The lowest BCUT2D eigenvalue weighted by molar-refractivity contribution is 0.684. The van der Waals surface area contributed by atoms with E-state index in [9.17, 15) is 0 Å². The van der Waals surface area contributed by atoms with Gasteiger partial charge in [0, 0.05) is 22.2 Å². The molecule has 3 aromatic rings. The summed E-state index contributed by atoms with van der Waals surface area (Å²) in [6.45, 7) is 1.67. The van der Waals surface area contributed by atoms with Crippen LogP contribution in [0, 0.1) is 0 Å². The van der Waals surface area contributed by atoms with Gasteiger partial charge in [0.1, 0.15) is 5.01 Å². The minimum absolute atomic E-state index is 0.783. The summed E-state index contributed by atoms with van der Waals surface area (Å²) in [6, 6.07) is 16.3. The fraction of sp³-hybridized carbons (Fsp3) is 0.167. The Bertz CT molecular complexity index is 771. The zero-order chi connectivity index (χ0) is 16.1. The van der Waals surface area contributed by atoms with Crippen molar-refractivity contribution in [1.82, 2.24) is 10.3 Å². The smallest absolute Gasteiger partial charge is 0.107 e. The molecule has 0 aliphatic carbocycles. The number of aromatic nitrogens is 1. The Hall–Kier alpha value is -1.20. The molecule has 1 N–H and O–H groups in total. The Balaban J connectivity index is 1.52. The van der Waals surface area contributed by atoms with Crippen molar-refractivity contribution in [3.05, 3.63) is 74.8 Å². The van der Waals surface area contributed by atoms with Crippen LogP contribution in [-0.2, 0) is 13.0 Å². The zero-order valence-corrected chi connectivity index (χ0v) is 15.6. The highest BCUT2D eigenvalue weighted by molar-refractivity contribution is 9.10. The first-order valence-electron chi connectivity index (χ1n) is 7.37. The Labute approximate surface area is 153 Å². The maximum Gasteiger partial charge on any atom is 0.107 e. The van der Waals surface area contributed by atoms with E-state index in [1.54, 1.807) is 11.3 Å². The number of rotatable bonds is 6. The van der Waals surface area contributed by atoms with E-state index in [0.717, 1.165) is 34.0 Å². The first-order valence-corrected chi connectivity index (χ1v) is 9.36. The average molecular weight is 408 g/mol. The van der Waals surface area contributed by atoms with Gasteiger partial charge < -0.3 is 5.32 Å². The SMILES string of the molecule is Clc1ccccc1CCNCc1ncc(-c2ccc(Br)cc2)s1. The van der Waals surface area contributed by atoms with Crippen molar-refractivity contribution in [1.29, 1.82) is 0 Å². The van der Waals surface area contributed by atoms with Crippen molar-refractivity contribution in [2.75, 3.05) is 6.54 Å². The van der Waals surface area contributed by atoms with E-state index >= 15 is 0 Å². The maximum absolute atomic E-state index is 6.16. The molecule has 0 spiro atoms. The van der Waals surface area contributed by atoms with Crippen LogP contribution in [0.1, 0.15) is 10.6 Å². The van der Waals surface area contributed by atoms with Gasteiger partial charge in [-0.15, -0.1) is 11.3 Å². The van der Waals surface area contributed by atoms with Gasteiger partial charge in [-0.2, -0.15) is 0 Å². The van der Waals surface area contributed by atoms with Crippen LogP contribution in [0.15, 0.2) is 59.2 Å². The summed E-state index contributed by atoms with van der Waals surface area (Å²) in [5.41, 5.74) is 2.38. The lowest BCUT2D eigenvalue weighted by Gasteiger charge is -2.04. The summed E-state index contributed by atoms with van der Waals surface area (Å²) in [6.07, 6.45) is 2.86. The molecule has 2 aromatic carbocycles. The van der Waals surface area contributed by atoms with Crippen LogP contribution in [0.25, 0.3) is 10.4 Å². The minimum Gasteiger partial charge on any atom is -0.310 e. The van der Waals surface area contributed by atoms with E-state index < -0.39 is 0 Å². The highest BCUT2D eigenvalue weighted by atomic mass is 79.9. The third kappa shape index (κ3) is 4.64.